The van der Waals surface area contributed by atoms with E-state index in [1.807, 2.05) is 0 Å². The Labute approximate surface area is 117 Å². The third-order valence-corrected chi connectivity index (χ3v) is 4.84. The Kier molecular flexibility index (Phi) is 5.63. The molecule has 0 aromatic rings. The van der Waals surface area contributed by atoms with Gasteiger partial charge in [-0.25, -0.2) is 0 Å². The molecule has 2 N–H and O–H groups in total. The van der Waals surface area contributed by atoms with Crippen LogP contribution in [0.2, 0.25) is 0 Å². The van der Waals surface area contributed by atoms with Crippen LogP contribution < -0.4 is 5.73 Å². The Bertz CT molecular complexity index is 263. The molecule has 0 aromatic heterocycles. The highest BCUT2D eigenvalue weighted by molar-refractivity contribution is 4.91. The summed E-state index contributed by atoms with van der Waals surface area (Å²) in [7, 11) is 1.78. The number of ether oxygens (including phenoxy) is 2. The summed E-state index contributed by atoms with van der Waals surface area (Å²) in [5.41, 5.74) is 6.23. The van der Waals surface area contributed by atoms with Crippen molar-refractivity contribution in [1.29, 1.82) is 0 Å². The van der Waals surface area contributed by atoms with Gasteiger partial charge in [0.05, 0.1) is 13.2 Å². The molecule has 1 aliphatic heterocycles. The Balaban J connectivity index is 1.95. The average Bonchev–Trinajstić information content (AvgIpc) is 3.28. The normalized spacial score (nSPS) is 29.7. The lowest BCUT2D eigenvalue weighted by Crippen LogP contribution is -2.51. The molecule has 2 aliphatic rings. The summed E-state index contributed by atoms with van der Waals surface area (Å²) in [6.45, 7) is 7.69. The van der Waals surface area contributed by atoms with Crippen molar-refractivity contribution < 1.29 is 9.47 Å². The number of rotatable bonds is 8. The SMILES string of the molecule is COCCN(CC1(CN)CCCOC1)C(C)C1CC1. The molecule has 4 heteroatoms. The number of nitrogens with zero attached hydrogens (tertiary/aromatic N) is 1. The van der Waals surface area contributed by atoms with Crippen LogP contribution in [0.4, 0.5) is 0 Å². The maximum Gasteiger partial charge on any atom is 0.0589 e. The minimum absolute atomic E-state index is 0.162. The van der Waals surface area contributed by atoms with Crippen LogP contribution in [0.25, 0.3) is 0 Å². The lowest BCUT2D eigenvalue weighted by Gasteiger charge is -2.42. The molecule has 19 heavy (non-hydrogen) atoms. The van der Waals surface area contributed by atoms with Crippen molar-refractivity contribution in [1.82, 2.24) is 4.90 Å². The van der Waals surface area contributed by atoms with E-state index in [0.717, 1.165) is 51.8 Å². The van der Waals surface area contributed by atoms with E-state index in [0.29, 0.717) is 6.04 Å². The molecule has 2 fully saturated rings. The van der Waals surface area contributed by atoms with Crippen LogP contribution >= 0.6 is 0 Å². The van der Waals surface area contributed by atoms with Crippen LogP contribution in [-0.4, -0.2) is 57.5 Å². The maximum atomic E-state index is 6.07. The highest BCUT2D eigenvalue weighted by Crippen LogP contribution is 2.37. The second-order valence-electron chi connectivity index (χ2n) is 6.40. The van der Waals surface area contributed by atoms with E-state index in [4.69, 9.17) is 15.2 Å². The van der Waals surface area contributed by atoms with Gasteiger partial charge in [-0.1, -0.05) is 0 Å². The first kappa shape index (κ1) is 15.2. The predicted molar refractivity (Wildman–Crippen MR) is 77.2 cm³/mol. The number of hydrogen-bond acceptors (Lipinski definition) is 4. The van der Waals surface area contributed by atoms with Crippen molar-refractivity contribution in [2.45, 2.75) is 38.6 Å². The van der Waals surface area contributed by atoms with E-state index in [1.165, 1.54) is 19.3 Å². The molecule has 112 valence electrons. The first-order chi connectivity index (χ1) is 9.21. The maximum absolute atomic E-state index is 6.07. The van der Waals surface area contributed by atoms with Crippen molar-refractivity contribution in [2.24, 2.45) is 17.1 Å². The van der Waals surface area contributed by atoms with E-state index < -0.39 is 0 Å². The van der Waals surface area contributed by atoms with Gasteiger partial charge in [-0.3, -0.25) is 4.90 Å². The quantitative estimate of drug-likeness (QED) is 0.726. The zero-order valence-corrected chi connectivity index (χ0v) is 12.6. The fourth-order valence-corrected chi connectivity index (χ4v) is 3.20. The monoisotopic (exact) mass is 270 g/mol. The van der Waals surface area contributed by atoms with Crippen LogP contribution in [0.5, 0.6) is 0 Å². The van der Waals surface area contributed by atoms with Gasteiger partial charge in [0.25, 0.3) is 0 Å². The third-order valence-electron chi connectivity index (χ3n) is 4.84. The van der Waals surface area contributed by atoms with E-state index in [2.05, 4.69) is 11.8 Å². The van der Waals surface area contributed by atoms with Gasteiger partial charge >= 0.3 is 0 Å². The first-order valence-electron chi connectivity index (χ1n) is 7.71. The number of hydrogen-bond donors (Lipinski definition) is 1. The zero-order valence-electron chi connectivity index (χ0n) is 12.6. The predicted octanol–water partition coefficient (Wildman–Crippen LogP) is 1.49. The Hall–Kier alpha value is -0.160. The smallest absolute Gasteiger partial charge is 0.0589 e. The molecule has 0 bridgehead atoms. The fourth-order valence-electron chi connectivity index (χ4n) is 3.20. The molecular formula is C15H30N2O2. The first-order valence-corrected chi connectivity index (χ1v) is 7.71. The van der Waals surface area contributed by atoms with Crippen LogP contribution in [-0.2, 0) is 9.47 Å². The average molecular weight is 270 g/mol. The molecule has 0 spiro atoms. The fraction of sp³-hybridized carbons (Fsp3) is 1.00. The molecule has 1 saturated carbocycles. The molecule has 2 atom stereocenters. The summed E-state index contributed by atoms with van der Waals surface area (Å²) >= 11 is 0. The van der Waals surface area contributed by atoms with Gasteiger partial charge in [-0.2, -0.15) is 0 Å². The highest BCUT2D eigenvalue weighted by atomic mass is 16.5. The van der Waals surface area contributed by atoms with Crippen molar-refractivity contribution in [3.63, 3.8) is 0 Å². The standard InChI is InChI=1S/C15H30N2O2/c1-13(14-4-5-14)17(7-9-18-2)11-15(10-16)6-3-8-19-12-15/h13-14H,3-12,16H2,1-2H3. The van der Waals surface area contributed by atoms with Gasteiger partial charge in [0, 0.05) is 44.8 Å². The van der Waals surface area contributed by atoms with E-state index in [9.17, 15) is 0 Å². The van der Waals surface area contributed by atoms with Crippen molar-refractivity contribution in [3.8, 4) is 0 Å². The summed E-state index contributed by atoms with van der Waals surface area (Å²) in [6, 6.07) is 0.653. The summed E-state index contributed by atoms with van der Waals surface area (Å²) in [6.07, 6.45) is 5.12. The topological polar surface area (TPSA) is 47.7 Å². The molecule has 0 aromatic carbocycles. The molecule has 2 rings (SSSR count). The van der Waals surface area contributed by atoms with Crippen LogP contribution in [0.15, 0.2) is 0 Å². The van der Waals surface area contributed by atoms with Gasteiger partial charge in [0.1, 0.15) is 0 Å². The summed E-state index contributed by atoms with van der Waals surface area (Å²) in [5, 5.41) is 0. The number of nitrogens with two attached hydrogens (primary N) is 1. The van der Waals surface area contributed by atoms with Gasteiger partial charge in [-0.15, -0.1) is 0 Å². The van der Waals surface area contributed by atoms with E-state index in [1.54, 1.807) is 7.11 Å². The van der Waals surface area contributed by atoms with E-state index in [-0.39, 0.29) is 5.41 Å². The molecule has 1 saturated heterocycles. The molecule has 0 radical (unpaired) electrons. The Morgan fingerprint density at radius 3 is 2.79 bits per heavy atom. The molecule has 1 heterocycles. The Morgan fingerprint density at radius 2 is 2.26 bits per heavy atom. The minimum atomic E-state index is 0.162. The van der Waals surface area contributed by atoms with Gasteiger partial charge in [0.2, 0.25) is 0 Å². The van der Waals surface area contributed by atoms with Crippen molar-refractivity contribution >= 4 is 0 Å². The lowest BCUT2D eigenvalue weighted by molar-refractivity contribution is -0.0327. The molecule has 0 amide bonds. The second-order valence-corrected chi connectivity index (χ2v) is 6.40. The van der Waals surface area contributed by atoms with Crippen molar-refractivity contribution in [2.75, 3.05) is 46.6 Å². The van der Waals surface area contributed by atoms with Crippen LogP contribution in [0.1, 0.15) is 32.6 Å². The largest absolute Gasteiger partial charge is 0.383 e. The zero-order chi connectivity index (χ0) is 13.7. The summed E-state index contributed by atoms with van der Waals surface area (Å²) < 4.78 is 11.0. The lowest BCUT2D eigenvalue weighted by atomic mass is 9.81. The third kappa shape index (κ3) is 4.15. The van der Waals surface area contributed by atoms with Crippen molar-refractivity contribution in [3.05, 3.63) is 0 Å². The number of methoxy groups -OCH3 is 1. The van der Waals surface area contributed by atoms with Gasteiger partial charge in [-0.05, 0) is 38.5 Å². The second kappa shape index (κ2) is 7.02. The van der Waals surface area contributed by atoms with Gasteiger partial charge in [0.15, 0.2) is 0 Å². The molecule has 4 nitrogen and oxygen atoms in total. The molecule has 2 unspecified atom stereocenters. The molecular weight excluding hydrogens is 240 g/mol. The van der Waals surface area contributed by atoms with Crippen LogP contribution in [0.3, 0.4) is 0 Å². The highest BCUT2D eigenvalue weighted by Gasteiger charge is 2.38. The van der Waals surface area contributed by atoms with Gasteiger partial charge < -0.3 is 15.2 Å². The summed E-state index contributed by atoms with van der Waals surface area (Å²) in [5.74, 6) is 0.885. The molecule has 1 aliphatic carbocycles. The van der Waals surface area contributed by atoms with E-state index >= 15 is 0 Å². The Morgan fingerprint density at radius 1 is 1.47 bits per heavy atom. The summed E-state index contributed by atoms with van der Waals surface area (Å²) in [4.78, 5) is 2.59. The minimum Gasteiger partial charge on any atom is -0.383 e. The van der Waals surface area contributed by atoms with Crippen LogP contribution in [0, 0.1) is 11.3 Å².